The van der Waals surface area contributed by atoms with Crippen LogP contribution in [0.2, 0.25) is 0 Å². The Morgan fingerprint density at radius 1 is 0.760 bits per heavy atom. The van der Waals surface area contributed by atoms with Gasteiger partial charge in [-0.3, -0.25) is 28.8 Å². The Morgan fingerprint density at radius 3 is 1.86 bits per heavy atom. The molecule has 0 fully saturated rings. The molecule has 50 heavy (non-hydrogen) atoms. The molecule has 1 heterocycles. The van der Waals surface area contributed by atoms with Crippen molar-refractivity contribution in [1.29, 1.82) is 0 Å². The number of carboxylic acid groups (broad SMARTS) is 1. The predicted octanol–water partition coefficient (Wildman–Crippen LogP) is 2.18. The van der Waals surface area contributed by atoms with Crippen LogP contribution in [0.15, 0.2) is 83.7 Å². The van der Waals surface area contributed by atoms with Crippen LogP contribution in [0, 0.1) is 5.41 Å². The van der Waals surface area contributed by atoms with Crippen LogP contribution in [0.1, 0.15) is 47.8 Å². The van der Waals surface area contributed by atoms with E-state index in [2.05, 4.69) is 21.3 Å². The minimum absolute atomic E-state index is 0.0486. The van der Waals surface area contributed by atoms with E-state index in [0.717, 1.165) is 15.7 Å². The number of aryl methyl sites for hydroxylation is 1. The van der Waals surface area contributed by atoms with E-state index in [1.54, 1.807) is 32.9 Å². The Balaban J connectivity index is 1.58. The first-order valence-corrected chi connectivity index (χ1v) is 16.0. The Bertz CT molecular complexity index is 1950. The van der Waals surface area contributed by atoms with Crippen LogP contribution in [0.3, 0.4) is 0 Å². The maximum atomic E-state index is 13.8. The van der Waals surface area contributed by atoms with Crippen molar-refractivity contribution in [3.05, 3.63) is 111 Å². The molecule has 2 atom stereocenters. The van der Waals surface area contributed by atoms with Gasteiger partial charge in [-0.25, -0.2) is 0 Å². The number of hydrogen-bond donors (Lipinski definition) is 6. The van der Waals surface area contributed by atoms with Crippen molar-refractivity contribution in [2.24, 2.45) is 12.5 Å². The minimum atomic E-state index is -1.32. The SMILES string of the molecule is Cn1c(=O)c(C(=O)NCC(=O)O)c(O)c2cc(CNC(=O)[C@@H](Cc3ccccc3)NC(=O)[C@H](Cc3ccccc3)NC(=O)C(C)(C)C)ccc21. The number of hydrogen-bond acceptors (Lipinski definition) is 7. The van der Waals surface area contributed by atoms with E-state index in [-0.39, 0.29) is 30.7 Å². The second-order valence-electron chi connectivity index (χ2n) is 13.0. The Kier molecular flexibility index (Phi) is 11.8. The van der Waals surface area contributed by atoms with E-state index in [1.807, 2.05) is 60.7 Å². The largest absolute Gasteiger partial charge is 0.506 e. The third-order valence-electron chi connectivity index (χ3n) is 8.03. The summed E-state index contributed by atoms with van der Waals surface area (Å²) in [5.74, 6) is -4.37. The van der Waals surface area contributed by atoms with Crippen molar-refractivity contribution in [1.82, 2.24) is 25.8 Å². The van der Waals surface area contributed by atoms with Crippen LogP contribution >= 0.6 is 0 Å². The molecule has 6 N–H and O–H groups in total. The van der Waals surface area contributed by atoms with E-state index in [1.165, 1.54) is 13.1 Å². The van der Waals surface area contributed by atoms with E-state index in [4.69, 9.17) is 5.11 Å². The number of rotatable bonds is 13. The number of aliphatic carboxylic acids is 1. The molecule has 3 aromatic carbocycles. The third-order valence-corrected chi connectivity index (χ3v) is 8.03. The molecule has 0 aliphatic carbocycles. The van der Waals surface area contributed by atoms with Crippen LogP contribution in [-0.4, -0.2) is 63.0 Å². The van der Waals surface area contributed by atoms with E-state index < -0.39 is 64.6 Å². The molecular formula is C37H41N5O8. The summed E-state index contributed by atoms with van der Waals surface area (Å²) in [5.41, 5.74) is 0.218. The molecule has 4 aromatic rings. The van der Waals surface area contributed by atoms with Crippen molar-refractivity contribution in [2.45, 2.75) is 52.2 Å². The second-order valence-corrected chi connectivity index (χ2v) is 13.0. The molecule has 1 aromatic heterocycles. The highest BCUT2D eigenvalue weighted by Gasteiger charge is 2.31. The molecule has 262 valence electrons. The summed E-state index contributed by atoms with van der Waals surface area (Å²) in [6.45, 7) is 4.43. The maximum Gasteiger partial charge on any atom is 0.322 e. The fourth-order valence-corrected chi connectivity index (χ4v) is 5.21. The first-order valence-electron chi connectivity index (χ1n) is 16.0. The number of carboxylic acids is 1. The lowest BCUT2D eigenvalue weighted by atomic mass is 9.94. The summed E-state index contributed by atoms with van der Waals surface area (Å²) < 4.78 is 1.16. The van der Waals surface area contributed by atoms with E-state index in [9.17, 15) is 33.9 Å². The minimum Gasteiger partial charge on any atom is -0.506 e. The molecule has 0 aliphatic heterocycles. The topological polar surface area (TPSA) is 196 Å². The number of carbonyl (C=O) groups excluding carboxylic acids is 4. The highest BCUT2D eigenvalue weighted by Crippen LogP contribution is 2.27. The van der Waals surface area contributed by atoms with Gasteiger partial charge < -0.3 is 36.0 Å². The zero-order chi connectivity index (χ0) is 36.6. The van der Waals surface area contributed by atoms with E-state index in [0.29, 0.717) is 11.1 Å². The quantitative estimate of drug-likeness (QED) is 0.123. The van der Waals surface area contributed by atoms with Crippen LogP contribution in [0.5, 0.6) is 5.75 Å². The van der Waals surface area contributed by atoms with Gasteiger partial charge in [0.05, 0.1) is 5.52 Å². The summed E-state index contributed by atoms with van der Waals surface area (Å²) in [7, 11) is 1.41. The number of fused-ring (bicyclic) bond motifs is 1. The fourth-order valence-electron chi connectivity index (χ4n) is 5.21. The van der Waals surface area contributed by atoms with Crippen LogP contribution < -0.4 is 26.8 Å². The van der Waals surface area contributed by atoms with Gasteiger partial charge in [0.15, 0.2) is 0 Å². The van der Waals surface area contributed by atoms with Gasteiger partial charge >= 0.3 is 5.97 Å². The third kappa shape index (κ3) is 9.34. The van der Waals surface area contributed by atoms with Gasteiger partial charge in [-0.2, -0.15) is 0 Å². The van der Waals surface area contributed by atoms with Gasteiger partial charge in [0.25, 0.3) is 11.5 Å². The Morgan fingerprint density at radius 2 is 1.32 bits per heavy atom. The summed E-state index contributed by atoms with van der Waals surface area (Å²) >= 11 is 0. The molecule has 0 unspecified atom stereocenters. The number of pyridine rings is 1. The van der Waals surface area contributed by atoms with Gasteiger partial charge in [-0.15, -0.1) is 0 Å². The highest BCUT2D eigenvalue weighted by atomic mass is 16.4. The zero-order valence-electron chi connectivity index (χ0n) is 28.3. The number of aromatic nitrogens is 1. The van der Waals surface area contributed by atoms with Gasteiger partial charge in [0.2, 0.25) is 17.7 Å². The molecule has 4 amide bonds. The molecule has 0 saturated carbocycles. The lowest BCUT2D eigenvalue weighted by Gasteiger charge is -2.26. The van der Waals surface area contributed by atoms with Gasteiger partial charge in [-0.05, 0) is 28.8 Å². The summed E-state index contributed by atoms with van der Waals surface area (Å²) in [5, 5.41) is 30.5. The van der Waals surface area contributed by atoms with E-state index >= 15 is 0 Å². The van der Waals surface area contributed by atoms with Crippen LogP contribution in [-0.2, 0) is 45.6 Å². The molecule has 0 aliphatic rings. The van der Waals surface area contributed by atoms with Crippen molar-refractivity contribution < 1.29 is 34.2 Å². The lowest BCUT2D eigenvalue weighted by molar-refractivity contribution is -0.136. The monoisotopic (exact) mass is 683 g/mol. The molecule has 4 rings (SSSR count). The van der Waals surface area contributed by atoms with Crippen molar-refractivity contribution in [2.75, 3.05) is 6.54 Å². The van der Waals surface area contributed by atoms with Gasteiger partial charge in [0.1, 0.15) is 29.9 Å². The van der Waals surface area contributed by atoms with Crippen LogP contribution in [0.25, 0.3) is 10.9 Å². The average Bonchev–Trinajstić information content (AvgIpc) is 3.08. The molecule has 0 radical (unpaired) electrons. The van der Waals surface area contributed by atoms with Gasteiger partial charge in [-0.1, -0.05) is 87.5 Å². The number of benzene rings is 3. The molecule has 0 bridgehead atoms. The first-order chi connectivity index (χ1) is 23.6. The molecule has 0 saturated heterocycles. The summed E-state index contributed by atoms with van der Waals surface area (Å²) in [6, 6.07) is 21.0. The number of carbonyl (C=O) groups is 5. The van der Waals surface area contributed by atoms with Crippen molar-refractivity contribution in [3.8, 4) is 5.75 Å². The van der Waals surface area contributed by atoms with Crippen molar-refractivity contribution in [3.63, 3.8) is 0 Å². The van der Waals surface area contributed by atoms with Crippen LogP contribution in [0.4, 0.5) is 0 Å². The smallest absolute Gasteiger partial charge is 0.322 e. The number of nitrogens with one attached hydrogen (secondary N) is 4. The fraction of sp³-hybridized carbons (Fsp3) is 0.297. The number of aromatic hydroxyl groups is 1. The standard InChI is InChI=1S/C37H41N5O8/c1-37(2,3)36(50)41-27(19-23-13-9-6-10-14-23)33(47)40-26(18-22-11-7-5-8-12-22)32(46)38-20-24-15-16-28-25(17-24)31(45)30(35(49)42(28)4)34(48)39-21-29(43)44/h5-17,26-27,45H,18-21H2,1-4H3,(H,38,46)(H,39,48)(H,40,47)(H,41,50)(H,43,44)/t26-,27+/m1/s1. The van der Waals surface area contributed by atoms with Gasteiger partial charge in [0, 0.05) is 37.2 Å². The predicted molar refractivity (Wildman–Crippen MR) is 186 cm³/mol. The Hall–Kier alpha value is -5.98. The summed E-state index contributed by atoms with van der Waals surface area (Å²) in [4.78, 5) is 76.8. The lowest BCUT2D eigenvalue weighted by Crippen LogP contribution is -2.56. The highest BCUT2D eigenvalue weighted by molar-refractivity contribution is 6.03. The molecule has 13 heteroatoms. The van der Waals surface area contributed by atoms with Crippen molar-refractivity contribution >= 4 is 40.5 Å². The molecule has 0 spiro atoms. The zero-order valence-corrected chi connectivity index (χ0v) is 28.3. The number of amides is 4. The maximum absolute atomic E-state index is 13.8. The second kappa shape index (κ2) is 15.9. The first kappa shape index (κ1) is 36.8. The number of nitrogens with zero attached hydrogens (tertiary/aromatic N) is 1. The summed E-state index contributed by atoms with van der Waals surface area (Å²) in [6.07, 6.45) is 0.354. The average molecular weight is 684 g/mol. The normalized spacial score (nSPS) is 12.4. The Labute approximate surface area is 288 Å². The molecule has 13 nitrogen and oxygen atoms in total. The molecular weight excluding hydrogens is 642 g/mol.